The molecule has 0 fully saturated rings. The Hall–Kier alpha value is -4.25. The van der Waals surface area contributed by atoms with Gasteiger partial charge in [-0.1, -0.05) is 54.6 Å². The molecule has 32 heavy (non-hydrogen) atoms. The van der Waals surface area contributed by atoms with Crippen molar-refractivity contribution in [1.82, 2.24) is 4.57 Å². The van der Waals surface area contributed by atoms with Gasteiger partial charge < -0.3 is 20.6 Å². The molecule has 2 aromatic heterocycles. The van der Waals surface area contributed by atoms with Gasteiger partial charge in [0.1, 0.15) is 11.4 Å². The van der Waals surface area contributed by atoms with Crippen molar-refractivity contribution < 1.29 is 4.42 Å². The molecule has 3 aromatic carbocycles. The molecule has 6 rings (SSSR count). The van der Waals surface area contributed by atoms with E-state index in [2.05, 4.69) is 58.2 Å². The summed E-state index contributed by atoms with van der Waals surface area (Å²) in [4.78, 5) is 0. The highest BCUT2D eigenvalue weighted by Gasteiger charge is 2.25. The Morgan fingerprint density at radius 2 is 1.69 bits per heavy atom. The molecule has 0 saturated carbocycles. The summed E-state index contributed by atoms with van der Waals surface area (Å²) in [5.74, 6) is 6.59. The fraction of sp³-hybridized carbons (Fsp3) is 0.0741. The van der Waals surface area contributed by atoms with Crippen molar-refractivity contribution in [1.29, 1.82) is 0 Å². The quantitative estimate of drug-likeness (QED) is 0.182. The maximum atomic E-state index is 6.29. The molecule has 0 saturated heterocycles. The molecule has 0 unspecified atom stereocenters. The van der Waals surface area contributed by atoms with Crippen molar-refractivity contribution in [3.8, 4) is 28.3 Å². The Kier molecular flexibility index (Phi) is 4.15. The molecule has 156 valence electrons. The second-order valence-electron chi connectivity index (χ2n) is 8.10. The van der Waals surface area contributed by atoms with Gasteiger partial charge >= 0.3 is 0 Å². The van der Waals surface area contributed by atoms with E-state index >= 15 is 0 Å². The van der Waals surface area contributed by atoms with E-state index in [9.17, 15) is 0 Å². The molecule has 0 aliphatic heterocycles. The third-order valence-electron chi connectivity index (χ3n) is 6.26. The normalized spacial score (nSPS) is 13.2. The molecule has 0 spiro atoms. The van der Waals surface area contributed by atoms with E-state index < -0.39 is 0 Å². The van der Waals surface area contributed by atoms with Crippen LogP contribution in [0.25, 0.3) is 39.2 Å². The summed E-state index contributed by atoms with van der Waals surface area (Å²) >= 11 is 0. The molecule has 0 amide bonds. The standard InChI is InChI=1S/C27H22N4O/c28-27(30-29)19-8-5-9-20(14-19)31-23-13-12-17-6-1-3-10-21(17)22(23)16-24(31)26-15-18-7-2-4-11-25(18)32-26/h1-11,14-16H,12-13,29H2,(H2,28,30). The molecular formula is C27H22N4O. The molecule has 4 N–H and O–H groups in total. The third-order valence-corrected chi connectivity index (χ3v) is 6.26. The van der Waals surface area contributed by atoms with Crippen LogP contribution >= 0.6 is 0 Å². The van der Waals surface area contributed by atoms with Crippen molar-refractivity contribution >= 4 is 16.8 Å². The summed E-state index contributed by atoms with van der Waals surface area (Å²) in [5, 5.41) is 4.76. The number of hydrogen-bond donors (Lipinski definition) is 2. The number of hydrazone groups is 1. The number of aromatic nitrogens is 1. The minimum absolute atomic E-state index is 0.309. The van der Waals surface area contributed by atoms with Gasteiger partial charge in [0.15, 0.2) is 5.76 Å². The number of rotatable bonds is 3. The lowest BCUT2D eigenvalue weighted by molar-refractivity contribution is 0.626. The number of hydrogen-bond acceptors (Lipinski definition) is 3. The Morgan fingerprint density at radius 1 is 0.844 bits per heavy atom. The Balaban J connectivity index is 1.64. The number of nitrogens with zero attached hydrogens (tertiary/aromatic N) is 2. The second-order valence-corrected chi connectivity index (χ2v) is 8.10. The fourth-order valence-electron chi connectivity index (χ4n) is 4.75. The third kappa shape index (κ3) is 2.82. The lowest BCUT2D eigenvalue weighted by Gasteiger charge is -2.20. The summed E-state index contributed by atoms with van der Waals surface area (Å²) in [7, 11) is 0. The Bertz CT molecular complexity index is 1470. The Morgan fingerprint density at radius 3 is 2.56 bits per heavy atom. The van der Waals surface area contributed by atoms with Crippen LogP contribution in [0, 0.1) is 0 Å². The zero-order valence-electron chi connectivity index (χ0n) is 17.5. The van der Waals surface area contributed by atoms with Crippen LogP contribution in [0.2, 0.25) is 0 Å². The highest BCUT2D eigenvalue weighted by atomic mass is 16.3. The highest BCUT2D eigenvalue weighted by Crippen LogP contribution is 2.41. The van der Waals surface area contributed by atoms with Crippen molar-refractivity contribution in [2.24, 2.45) is 16.7 Å². The average Bonchev–Trinajstić information content (AvgIpc) is 3.45. The van der Waals surface area contributed by atoms with Crippen LogP contribution in [0.1, 0.15) is 16.8 Å². The SMILES string of the molecule is N/N=C(\N)c1cccc(-n2c(-c3cc4ccccc4o3)cc3c2CCc2ccccc2-3)c1. The second kappa shape index (κ2) is 7.17. The molecule has 2 heterocycles. The van der Waals surface area contributed by atoms with Crippen LogP contribution in [0.4, 0.5) is 0 Å². The molecule has 1 aliphatic rings. The highest BCUT2D eigenvalue weighted by molar-refractivity contribution is 5.97. The van der Waals surface area contributed by atoms with Crippen LogP contribution < -0.4 is 11.6 Å². The van der Waals surface area contributed by atoms with Crippen molar-refractivity contribution in [3.63, 3.8) is 0 Å². The zero-order chi connectivity index (χ0) is 21.7. The van der Waals surface area contributed by atoms with E-state index in [1.807, 2.05) is 36.4 Å². The van der Waals surface area contributed by atoms with Gasteiger partial charge in [0.2, 0.25) is 0 Å². The molecule has 5 heteroatoms. The summed E-state index contributed by atoms with van der Waals surface area (Å²) in [6.45, 7) is 0. The number of amidine groups is 1. The van der Waals surface area contributed by atoms with Crippen molar-refractivity contribution in [2.45, 2.75) is 12.8 Å². The molecule has 0 bridgehead atoms. The molecule has 0 radical (unpaired) electrons. The van der Waals surface area contributed by atoms with Crippen LogP contribution in [0.15, 0.2) is 94.4 Å². The zero-order valence-corrected chi connectivity index (χ0v) is 17.5. The first-order valence-electron chi connectivity index (χ1n) is 10.7. The predicted octanol–water partition coefficient (Wildman–Crippen LogP) is 5.24. The van der Waals surface area contributed by atoms with Crippen LogP contribution in [-0.2, 0) is 12.8 Å². The smallest absolute Gasteiger partial charge is 0.152 e. The van der Waals surface area contributed by atoms with Crippen LogP contribution in [0.5, 0.6) is 0 Å². The van der Waals surface area contributed by atoms with Gasteiger partial charge in [-0.05, 0) is 54.3 Å². The number of para-hydroxylation sites is 1. The van der Waals surface area contributed by atoms with E-state index in [-0.39, 0.29) is 0 Å². The fourth-order valence-corrected chi connectivity index (χ4v) is 4.75. The van der Waals surface area contributed by atoms with Crippen molar-refractivity contribution in [3.05, 3.63) is 102 Å². The summed E-state index contributed by atoms with van der Waals surface area (Å²) in [6, 6.07) is 29.1. The van der Waals surface area contributed by atoms with Gasteiger partial charge in [0, 0.05) is 27.9 Å². The summed E-state index contributed by atoms with van der Waals surface area (Å²) in [5.41, 5.74) is 14.9. The molecule has 5 aromatic rings. The molecule has 5 nitrogen and oxygen atoms in total. The van der Waals surface area contributed by atoms with Crippen LogP contribution in [-0.4, -0.2) is 10.4 Å². The molecule has 0 atom stereocenters. The van der Waals surface area contributed by atoms with Gasteiger partial charge in [0.05, 0.1) is 5.69 Å². The molecular weight excluding hydrogens is 396 g/mol. The number of nitrogens with two attached hydrogens (primary N) is 2. The van der Waals surface area contributed by atoms with E-state index in [1.165, 1.54) is 22.4 Å². The van der Waals surface area contributed by atoms with Gasteiger partial charge in [-0.3, -0.25) is 0 Å². The van der Waals surface area contributed by atoms with Gasteiger partial charge in [-0.25, -0.2) is 0 Å². The number of fused-ring (bicyclic) bond motifs is 4. The minimum Gasteiger partial charge on any atom is -0.455 e. The largest absolute Gasteiger partial charge is 0.455 e. The average molecular weight is 419 g/mol. The van der Waals surface area contributed by atoms with Gasteiger partial charge in [0.25, 0.3) is 0 Å². The Labute approximate surface area is 185 Å². The first kappa shape index (κ1) is 18.5. The maximum absolute atomic E-state index is 6.29. The summed E-state index contributed by atoms with van der Waals surface area (Å²) < 4.78 is 8.58. The summed E-state index contributed by atoms with van der Waals surface area (Å²) in [6.07, 6.45) is 1.94. The van der Waals surface area contributed by atoms with Crippen molar-refractivity contribution in [2.75, 3.05) is 0 Å². The lowest BCUT2D eigenvalue weighted by Crippen LogP contribution is -2.16. The van der Waals surface area contributed by atoms with E-state index in [0.29, 0.717) is 5.84 Å². The number of aryl methyl sites for hydroxylation is 1. The maximum Gasteiger partial charge on any atom is 0.152 e. The van der Waals surface area contributed by atoms with E-state index in [1.54, 1.807) is 0 Å². The lowest BCUT2D eigenvalue weighted by atomic mass is 9.90. The number of benzene rings is 3. The molecule has 1 aliphatic carbocycles. The first-order valence-corrected chi connectivity index (χ1v) is 10.7. The predicted molar refractivity (Wildman–Crippen MR) is 129 cm³/mol. The van der Waals surface area contributed by atoms with Gasteiger partial charge in [-0.15, -0.1) is 0 Å². The minimum atomic E-state index is 0.309. The van der Waals surface area contributed by atoms with Gasteiger partial charge in [-0.2, -0.15) is 5.10 Å². The van der Waals surface area contributed by atoms with Crippen LogP contribution in [0.3, 0.4) is 0 Å². The van der Waals surface area contributed by atoms with E-state index in [4.69, 9.17) is 16.0 Å². The topological polar surface area (TPSA) is 82.5 Å². The first-order chi connectivity index (χ1) is 15.7. The number of furan rings is 1. The monoisotopic (exact) mass is 418 g/mol. The van der Waals surface area contributed by atoms with E-state index in [0.717, 1.165) is 46.5 Å².